The van der Waals surface area contributed by atoms with Crippen molar-refractivity contribution in [2.24, 2.45) is 0 Å². The number of rotatable bonds is 5. The van der Waals surface area contributed by atoms with E-state index in [1.807, 2.05) is 27.0 Å². The number of hydrogen-bond acceptors (Lipinski definition) is 5. The van der Waals surface area contributed by atoms with Crippen LogP contribution >= 0.6 is 0 Å². The first-order valence-corrected chi connectivity index (χ1v) is 7.37. The van der Waals surface area contributed by atoms with Gasteiger partial charge in [-0.3, -0.25) is 10.1 Å². The van der Waals surface area contributed by atoms with E-state index >= 15 is 0 Å². The summed E-state index contributed by atoms with van der Waals surface area (Å²) in [5, 5.41) is 14.5. The highest BCUT2D eigenvalue weighted by atomic mass is 16.6. The Bertz CT molecular complexity index is 499. The highest BCUT2D eigenvalue weighted by Crippen LogP contribution is 2.30. The van der Waals surface area contributed by atoms with Crippen LogP contribution < -0.4 is 15.0 Å². The van der Waals surface area contributed by atoms with Crippen LogP contribution in [0.4, 0.5) is 11.4 Å². The van der Waals surface area contributed by atoms with E-state index < -0.39 is 0 Å². The van der Waals surface area contributed by atoms with Gasteiger partial charge in [-0.1, -0.05) is 0 Å². The SMILES string of the molecule is CC(C)Oc1cc(N(C)C2CCCNC2)cc([N+](=O)[O-])c1. The van der Waals surface area contributed by atoms with Gasteiger partial charge >= 0.3 is 0 Å². The van der Waals surface area contributed by atoms with Gasteiger partial charge in [0, 0.05) is 37.5 Å². The Labute approximate surface area is 125 Å². The third-order valence-electron chi connectivity index (χ3n) is 3.68. The standard InChI is InChI=1S/C15H23N3O3/c1-11(2)21-15-8-13(7-14(9-15)18(19)20)17(3)12-5-4-6-16-10-12/h7-9,11-12,16H,4-6,10H2,1-3H3. The molecule has 2 rings (SSSR count). The highest BCUT2D eigenvalue weighted by Gasteiger charge is 2.21. The molecule has 0 spiro atoms. The number of hydrogen-bond donors (Lipinski definition) is 1. The van der Waals surface area contributed by atoms with Crippen LogP contribution in [0.15, 0.2) is 18.2 Å². The smallest absolute Gasteiger partial charge is 0.275 e. The molecule has 1 unspecified atom stereocenters. The fourth-order valence-electron chi connectivity index (χ4n) is 2.59. The predicted molar refractivity (Wildman–Crippen MR) is 83.2 cm³/mol. The number of ether oxygens (including phenoxy) is 1. The number of likely N-dealkylation sites (N-methyl/N-ethyl adjacent to an activating group) is 1. The molecule has 1 aliphatic rings. The highest BCUT2D eigenvalue weighted by molar-refractivity contribution is 5.58. The lowest BCUT2D eigenvalue weighted by molar-refractivity contribution is -0.384. The van der Waals surface area contributed by atoms with Crippen LogP contribution in [0.5, 0.6) is 5.75 Å². The number of nitrogens with zero attached hydrogens (tertiary/aromatic N) is 2. The number of benzene rings is 1. The van der Waals surface area contributed by atoms with Gasteiger partial charge in [-0.25, -0.2) is 0 Å². The van der Waals surface area contributed by atoms with Crippen LogP contribution in [0.25, 0.3) is 0 Å². The Morgan fingerprint density at radius 1 is 1.43 bits per heavy atom. The Morgan fingerprint density at radius 3 is 2.76 bits per heavy atom. The molecule has 1 heterocycles. The molecule has 1 aliphatic heterocycles. The zero-order valence-corrected chi connectivity index (χ0v) is 12.8. The Balaban J connectivity index is 2.27. The molecule has 0 amide bonds. The average molecular weight is 293 g/mol. The number of non-ortho nitro benzene ring substituents is 1. The van der Waals surface area contributed by atoms with E-state index in [4.69, 9.17) is 4.74 Å². The van der Waals surface area contributed by atoms with E-state index in [1.165, 1.54) is 6.07 Å². The summed E-state index contributed by atoms with van der Waals surface area (Å²) in [6, 6.07) is 5.33. The topological polar surface area (TPSA) is 67.6 Å². The predicted octanol–water partition coefficient (Wildman–Crippen LogP) is 2.57. The van der Waals surface area contributed by atoms with Crippen LogP contribution in [-0.2, 0) is 0 Å². The maximum Gasteiger partial charge on any atom is 0.275 e. The minimum atomic E-state index is -0.371. The van der Waals surface area contributed by atoms with Gasteiger partial charge in [0.2, 0.25) is 0 Å². The van der Waals surface area contributed by atoms with Crippen molar-refractivity contribution in [3.63, 3.8) is 0 Å². The molecule has 1 aromatic rings. The van der Waals surface area contributed by atoms with Gasteiger partial charge in [0.25, 0.3) is 5.69 Å². The molecule has 0 aromatic heterocycles. The summed E-state index contributed by atoms with van der Waals surface area (Å²) in [7, 11) is 1.98. The van der Waals surface area contributed by atoms with Gasteiger partial charge in [0.05, 0.1) is 17.1 Å². The minimum absolute atomic E-state index is 0.0125. The van der Waals surface area contributed by atoms with E-state index in [0.29, 0.717) is 11.8 Å². The second-order valence-corrected chi connectivity index (χ2v) is 5.72. The molecule has 6 nitrogen and oxygen atoms in total. The van der Waals surface area contributed by atoms with E-state index in [0.717, 1.165) is 31.6 Å². The zero-order valence-electron chi connectivity index (χ0n) is 12.8. The third-order valence-corrected chi connectivity index (χ3v) is 3.68. The van der Waals surface area contributed by atoms with Crippen molar-refractivity contribution in [2.75, 3.05) is 25.0 Å². The second kappa shape index (κ2) is 6.76. The molecule has 21 heavy (non-hydrogen) atoms. The maximum absolute atomic E-state index is 11.1. The fraction of sp³-hybridized carbons (Fsp3) is 0.600. The van der Waals surface area contributed by atoms with Crippen molar-refractivity contribution in [1.29, 1.82) is 0 Å². The summed E-state index contributed by atoms with van der Waals surface area (Å²) >= 11 is 0. The summed E-state index contributed by atoms with van der Waals surface area (Å²) in [5.41, 5.74) is 0.896. The lowest BCUT2D eigenvalue weighted by Crippen LogP contribution is -2.44. The molecule has 1 fully saturated rings. The minimum Gasteiger partial charge on any atom is -0.491 e. The quantitative estimate of drug-likeness (QED) is 0.667. The van der Waals surface area contributed by atoms with Crippen molar-refractivity contribution in [2.45, 2.75) is 38.8 Å². The van der Waals surface area contributed by atoms with Gasteiger partial charge in [0.1, 0.15) is 5.75 Å². The van der Waals surface area contributed by atoms with Crippen molar-refractivity contribution in [3.05, 3.63) is 28.3 Å². The first-order chi connectivity index (χ1) is 9.97. The molecule has 1 N–H and O–H groups in total. The van der Waals surface area contributed by atoms with Crippen molar-refractivity contribution >= 4 is 11.4 Å². The normalized spacial score (nSPS) is 18.6. The number of piperidine rings is 1. The Hall–Kier alpha value is -1.82. The molecule has 1 atom stereocenters. The van der Waals surface area contributed by atoms with Crippen LogP contribution in [0.3, 0.4) is 0 Å². The average Bonchev–Trinajstić information content (AvgIpc) is 2.46. The molecule has 0 aliphatic carbocycles. The number of nitro groups is 1. The van der Waals surface area contributed by atoms with Gasteiger partial charge in [-0.15, -0.1) is 0 Å². The number of nitrogens with one attached hydrogen (secondary N) is 1. The Kier molecular flexibility index (Phi) is 5.01. The van der Waals surface area contributed by atoms with Gasteiger partial charge in [-0.2, -0.15) is 0 Å². The molecular weight excluding hydrogens is 270 g/mol. The number of anilines is 1. The molecule has 1 aromatic carbocycles. The van der Waals surface area contributed by atoms with Gasteiger partial charge < -0.3 is 15.0 Å². The van der Waals surface area contributed by atoms with Crippen LogP contribution in [0.2, 0.25) is 0 Å². The fourth-order valence-corrected chi connectivity index (χ4v) is 2.59. The monoisotopic (exact) mass is 293 g/mol. The summed E-state index contributed by atoms with van der Waals surface area (Å²) in [6.07, 6.45) is 2.20. The number of nitro benzene ring substituents is 1. The van der Waals surface area contributed by atoms with E-state index in [1.54, 1.807) is 6.07 Å². The first-order valence-electron chi connectivity index (χ1n) is 7.37. The van der Waals surface area contributed by atoms with Crippen molar-refractivity contribution in [1.82, 2.24) is 5.32 Å². The molecule has 1 saturated heterocycles. The van der Waals surface area contributed by atoms with E-state index in [-0.39, 0.29) is 16.7 Å². The van der Waals surface area contributed by atoms with Crippen molar-refractivity contribution < 1.29 is 9.66 Å². The summed E-state index contributed by atoms with van der Waals surface area (Å²) < 4.78 is 5.64. The third kappa shape index (κ3) is 4.07. The molecule has 6 heteroatoms. The van der Waals surface area contributed by atoms with E-state index in [9.17, 15) is 10.1 Å². The second-order valence-electron chi connectivity index (χ2n) is 5.72. The molecule has 0 saturated carbocycles. The molecular formula is C15H23N3O3. The van der Waals surface area contributed by atoms with Crippen LogP contribution in [0, 0.1) is 10.1 Å². The largest absolute Gasteiger partial charge is 0.491 e. The summed E-state index contributed by atoms with van der Waals surface area (Å²) in [5.74, 6) is 0.546. The zero-order chi connectivity index (χ0) is 15.4. The van der Waals surface area contributed by atoms with Crippen molar-refractivity contribution in [3.8, 4) is 5.75 Å². The molecule has 0 bridgehead atoms. The van der Waals surface area contributed by atoms with Gasteiger partial charge in [0.15, 0.2) is 0 Å². The van der Waals surface area contributed by atoms with Crippen LogP contribution in [0.1, 0.15) is 26.7 Å². The maximum atomic E-state index is 11.1. The van der Waals surface area contributed by atoms with Crippen LogP contribution in [-0.4, -0.2) is 37.2 Å². The van der Waals surface area contributed by atoms with Gasteiger partial charge in [-0.05, 0) is 33.2 Å². The first kappa shape index (κ1) is 15.6. The summed E-state index contributed by atoms with van der Waals surface area (Å²) in [4.78, 5) is 12.8. The summed E-state index contributed by atoms with van der Waals surface area (Å²) in [6.45, 7) is 5.76. The lowest BCUT2D eigenvalue weighted by atomic mass is 10.1. The molecule has 116 valence electrons. The molecule has 0 radical (unpaired) electrons. The Morgan fingerprint density at radius 2 is 2.19 bits per heavy atom. The van der Waals surface area contributed by atoms with E-state index in [2.05, 4.69) is 10.2 Å². The lowest BCUT2D eigenvalue weighted by Gasteiger charge is -2.33.